The number of ether oxygens (including phenoxy) is 1. The molecule has 0 bridgehead atoms. The predicted octanol–water partition coefficient (Wildman–Crippen LogP) is 3.38. The van der Waals surface area contributed by atoms with Crippen molar-refractivity contribution >= 4 is 26.5 Å². The van der Waals surface area contributed by atoms with Gasteiger partial charge in [-0.15, -0.1) is 11.3 Å². The van der Waals surface area contributed by atoms with Crippen LogP contribution in [0.1, 0.15) is 31.0 Å². The Hall–Kier alpha value is -1.60. The Bertz CT molecular complexity index is 736. The molecule has 0 aliphatic rings. The minimum Gasteiger partial charge on any atom is -0.495 e. The van der Waals surface area contributed by atoms with E-state index >= 15 is 0 Å². The van der Waals surface area contributed by atoms with Crippen LogP contribution in [0.3, 0.4) is 0 Å². The molecule has 0 amide bonds. The molecule has 1 N–H and O–H groups in total. The Kier molecular flexibility index (Phi) is 4.53. The van der Waals surface area contributed by atoms with Crippen molar-refractivity contribution in [3.63, 3.8) is 0 Å². The van der Waals surface area contributed by atoms with Crippen LogP contribution in [0.2, 0.25) is 0 Å². The maximum Gasteiger partial charge on any atom is 0.267 e. The average Bonchev–Trinajstić information content (AvgIpc) is 2.82. The molecule has 5 nitrogen and oxygen atoms in total. The summed E-state index contributed by atoms with van der Waals surface area (Å²) in [7, 11) is -2.27. The topological polar surface area (TPSA) is 68.3 Å². The van der Waals surface area contributed by atoms with Gasteiger partial charge in [0.1, 0.15) is 10.6 Å². The number of thiazole rings is 1. The van der Waals surface area contributed by atoms with Gasteiger partial charge >= 0.3 is 0 Å². The molecule has 0 spiro atoms. The lowest BCUT2D eigenvalue weighted by Gasteiger charge is -2.13. The molecule has 1 aromatic heterocycles. The van der Waals surface area contributed by atoms with E-state index in [4.69, 9.17) is 4.74 Å². The Morgan fingerprint density at radius 1 is 1.33 bits per heavy atom. The van der Waals surface area contributed by atoms with Gasteiger partial charge in [0, 0.05) is 5.38 Å². The molecule has 0 saturated heterocycles. The number of hydrogen-bond donors (Lipinski definition) is 1. The minimum atomic E-state index is -3.73. The van der Waals surface area contributed by atoms with Gasteiger partial charge in [-0.2, -0.15) is 0 Å². The molecule has 21 heavy (non-hydrogen) atoms. The first-order valence-electron chi connectivity index (χ1n) is 6.46. The van der Waals surface area contributed by atoms with Crippen molar-refractivity contribution in [2.24, 2.45) is 0 Å². The molecule has 0 aliphatic heterocycles. The Labute approximate surface area is 129 Å². The third kappa shape index (κ3) is 3.54. The highest BCUT2D eigenvalue weighted by atomic mass is 32.2. The standard InChI is InChI=1S/C14H18N2O3S2/c1-9(2)11-5-6-12(19-4)13(7-11)21(17,18)16-14-15-10(3)8-20-14/h5-9H,1-4H3,(H,15,16). The van der Waals surface area contributed by atoms with Crippen LogP contribution in [-0.2, 0) is 10.0 Å². The second kappa shape index (κ2) is 6.03. The van der Waals surface area contributed by atoms with Crippen molar-refractivity contribution in [1.82, 2.24) is 4.98 Å². The summed E-state index contributed by atoms with van der Waals surface area (Å²) in [5, 5.41) is 2.14. The Morgan fingerprint density at radius 2 is 2.05 bits per heavy atom. The fourth-order valence-electron chi connectivity index (χ4n) is 1.83. The van der Waals surface area contributed by atoms with Crippen LogP contribution in [0.15, 0.2) is 28.5 Å². The van der Waals surface area contributed by atoms with Gasteiger partial charge in [-0.25, -0.2) is 13.4 Å². The molecule has 0 unspecified atom stereocenters. The molecule has 114 valence electrons. The number of sulfonamides is 1. The summed E-state index contributed by atoms with van der Waals surface area (Å²) in [6.07, 6.45) is 0. The van der Waals surface area contributed by atoms with E-state index in [1.165, 1.54) is 18.4 Å². The lowest BCUT2D eigenvalue weighted by Crippen LogP contribution is -2.14. The number of benzene rings is 1. The molecule has 0 atom stereocenters. The molecule has 0 aliphatic carbocycles. The van der Waals surface area contributed by atoms with Gasteiger partial charge in [-0.3, -0.25) is 4.72 Å². The van der Waals surface area contributed by atoms with Crippen molar-refractivity contribution in [1.29, 1.82) is 0 Å². The number of aromatic nitrogens is 1. The minimum absolute atomic E-state index is 0.129. The quantitative estimate of drug-likeness (QED) is 0.914. The maximum absolute atomic E-state index is 12.5. The van der Waals surface area contributed by atoms with E-state index in [9.17, 15) is 8.42 Å². The number of anilines is 1. The largest absolute Gasteiger partial charge is 0.495 e. The zero-order valence-electron chi connectivity index (χ0n) is 12.4. The summed E-state index contributed by atoms with van der Waals surface area (Å²) < 4.78 is 32.8. The number of rotatable bonds is 5. The van der Waals surface area contributed by atoms with Crippen molar-refractivity contribution in [3.8, 4) is 5.75 Å². The summed E-state index contributed by atoms with van der Waals surface area (Å²) in [4.78, 5) is 4.25. The summed E-state index contributed by atoms with van der Waals surface area (Å²) in [5.41, 5.74) is 1.71. The predicted molar refractivity (Wildman–Crippen MR) is 84.7 cm³/mol. The van der Waals surface area contributed by atoms with E-state index < -0.39 is 10.0 Å². The normalized spacial score (nSPS) is 11.7. The van der Waals surface area contributed by atoms with Gasteiger partial charge in [-0.1, -0.05) is 19.9 Å². The van der Waals surface area contributed by atoms with Crippen LogP contribution < -0.4 is 9.46 Å². The fraction of sp³-hybridized carbons (Fsp3) is 0.357. The molecule has 1 heterocycles. The van der Waals surface area contributed by atoms with E-state index in [1.807, 2.05) is 26.8 Å². The van der Waals surface area contributed by atoms with Crippen molar-refractivity contribution < 1.29 is 13.2 Å². The van der Waals surface area contributed by atoms with Gasteiger partial charge in [0.15, 0.2) is 5.13 Å². The van der Waals surface area contributed by atoms with Gasteiger partial charge in [0.2, 0.25) is 0 Å². The van der Waals surface area contributed by atoms with E-state index in [-0.39, 0.29) is 10.8 Å². The van der Waals surface area contributed by atoms with Gasteiger partial charge in [0.25, 0.3) is 10.0 Å². The maximum atomic E-state index is 12.5. The van der Waals surface area contributed by atoms with E-state index in [2.05, 4.69) is 9.71 Å². The van der Waals surface area contributed by atoms with Crippen LogP contribution in [0.25, 0.3) is 0 Å². The van der Waals surface area contributed by atoms with Crippen LogP contribution >= 0.6 is 11.3 Å². The summed E-state index contributed by atoms with van der Waals surface area (Å²) in [6.45, 7) is 5.83. The van der Waals surface area contributed by atoms with Gasteiger partial charge in [0.05, 0.1) is 12.8 Å². The SMILES string of the molecule is COc1ccc(C(C)C)cc1S(=O)(=O)Nc1nc(C)cs1. The lowest BCUT2D eigenvalue weighted by atomic mass is 10.0. The number of nitrogens with one attached hydrogen (secondary N) is 1. The van der Waals surface area contributed by atoms with Crippen molar-refractivity contribution in [2.75, 3.05) is 11.8 Å². The molecule has 1 aromatic carbocycles. The monoisotopic (exact) mass is 326 g/mol. The molecular weight excluding hydrogens is 308 g/mol. The molecule has 0 saturated carbocycles. The van der Waals surface area contributed by atoms with Crippen LogP contribution in [0.5, 0.6) is 5.75 Å². The van der Waals surface area contributed by atoms with Crippen LogP contribution in [0.4, 0.5) is 5.13 Å². The summed E-state index contributed by atoms with van der Waals surface area (Å²) in [6, 6.07) is 5.19. The third-order valence-corrected chi connectivity index (χ3v) is 5.35. The number of aryl methyl sites for hydroxylation is 1. The first-order chi connectivity index (χ1) is 9.83. The number of nitrogens with zero attached hydrogens (tertiary/aromatic N) is 1. The fourth-order valence-corrected chi connectivity index (χ4v) is 3.98. The van der Waals surface area contributed by atoms with Crippen LogP contribution in [0, 0.1) is 6.92 Å². The van der Waals surface area contributed by atoms with E-state index in [0.29, 0.717) is 10.9 Å². The lowest BCUT2D eigenvalue weighted by molar-refractivity contribution is 0.402. The van der Waals surface area contributed by atoms with Gasteiger partial charge < -0.3 is 4.74 Å². The van der Waals surface area contributed by atoms with Crippen molar-refractivity contribution in [2.45, 2.75) is 31.6 Å². The van der Waals surface area contributed by atoms with E-state index in [1.54, 1.807) is 17.5 Å². The molecule has 7 heteroatoms. The second-order valence-electron chi connectivity index (χ2n) is 4.96. The third-order valence-electron chi connectivity index (χ3n) is 2.98. The molecular formula is C14H18N2O3S2. The average molecular weight is 326 g/mol. The van der Waals surface area contributed by atoms with Gasteiger partial charge in [-0.05, 0) is 30.5 Å². The molecule has 2 aromatic rings. The Balaban J connectivity index is 2.44. The smallest absolute Gasteiger partial charge is 0.267 e. The zero-order chi connectivity index (χ0) is 15.6. The number of hydrogen-bond acceptors (Lipinski definition) is 5. The first kappa shape index (κ1) is 15.8. The summed E-state index contributed by atoms with van der Waals surface area (Å²) in [5.74, 6) is 0.548. The molecule has 2 rings (SSSR count). The second-order valence-corrected chi connectivity index (χ2v) is 7.47. The van der Waals surface area contributed by atoms with E-state index in [0.717, 1.165) is 11.3 Å². The number of methoxy groups -OCH3 is 1. The van der Waals surface area contributed by atoms with Crippen LogP contribution in [-0.4, -0.2) is 20.5 Å². The Morgan fingerprint density at radius 3 is 2.57 bits per heavy atom. The molecule has 0 fully saturated rings. The highest BCUT2D eigenvalue weighted by Gasteiger charge is 2.22. The van der Waals surface area contributed by atoms with Crippen molar-refractivity contribution in [3.05, 3.63) is 34.8 Å². The summed E-state index contributed by atoms with van der Waals surface area (Å²) >= 11 is 1.25. The molecule has 0 radical (unpaired) electrons. The highest BCUT2D eigenvalue weighted by molar-refractivity contribution is 7.93. The first-order valence-corrected chi connectivity index (χ1v) is 8.82. The highest BCUT2D eigenvalue weighted by Crippen LogP contribution is 2.30. The zero-order valence-corrected chi connectivity index (χ0v) is 14.0.